The molecule has 20 heavy (non-hydrogen) atoms. The maximum atomic E-state index is 12.4. The first-order valence-corrected chi connectivity index (χ1v) is 7.27. The first-order valence-electron chi connectivity index (χ1n) is 7.27. The number of hydrogen-bond acceptors (Lipinski definition) is 4. The molecule has 1 heterocycles. The Morgan fingerprint density at radius 3 is 2.55 bits per heavy atom. The molecule has 0 aromatic carbocycles. The Labute approximate surface area is 121 Å². The summed E-state index contributed by atoms with van der Waals surface area (Å²) in [7, 11) is 0. The SMILES string of the molecule is CC(C)C[C@@H](N)C(=O)N1CCOCC1C(=O)NC(C)C. The maximum absolute atomic E-state index is 12.4. The fourth-order valence-corrected chi connectivity index (χ4v) is 2.29. The van der Waals surface area contributed by atoms with E-state index in [1.807, 2.05) is 27.7 Å². The van der Waals surface area contributed by atoms with E-state index < -0.39 is 12.1 Å². The Hall–Kier alpha value is -1.14. The second-order valence-corrected chi connectivity index (χ2v) is 6.02. The maximum Gasteiger partial charge on any atom is 0.245 e. The standard InChI is InChI=1S/C14H27N3O3/c1-9(2)7-11(15)14(19)17-5-6-20-8-12(17)13(18)16-10(3)4/h9-12H,5-8,15H2,1-4H3,(H,16,18)/t11-,12?/m1/s1. The van der Waals surface area contributed by atoms with E-state index in [-0.39, 0.29) is 24.5 Å². The second kappa shape index (κ2) is 7.59. The van der Waals surface area contributed by atoms with Gasteiger partial charge in [0.05, 0.1) is 19.3 Å². The number of carbonyl (C=O) groups excluding carboxylic acids is 2. The van der Waals surface area contributed by atoms with E-state index in [1.165, 1.54) is 0 Å². The lowest BCUT2D eigenvalue weighted by molar-refractivity contribution is -0.149. The summed E-state index contributed by atoms with van der Waals surface area (Å²) in [6, 6.07) is -1.09. The van der Waals surface area contributed by atoms with Gasteiger partial charge in [-0.2, -0.15) is 0 Å². The normalized spacial score (nSPS) is 21.1. The van der Waals surface area contributed by atoms with Crippen LogP contribution in [0.3, 0.4) is 0 Å². The van der Waals surface area contributed by atoms with E-state index in [0.717, 1.165) is 0 Å². The smallest absolute Gasteiger partial charge is 0.245 e. The molecular weight excluding hydrogens is 258 g/mol. The fraction of sp³-hybridized carbons (Fsp3) is 0.857. The highest BCUT2D eigenvalue weighted by molar-refractivity contribution is 5.90. The molecule has 0 saturated carbocycles. The third-order valence-electron chi connectivity index (χ3n) is 3.19. The molecule has 116 valence electrons. The van der Waals surface area contributed by atoms with Gasteiger partial charge in [-0.15, -0.1) is 0 Å². The number of carbonyl (C=O) groups is 2. The number of morpholine rings is 1. The van der Waals surface area contributed by atoms with Crippen molar-refractivity contribution in [2.45, 2.75) is 52.2 Å². The highest BCUT2D eigenvalue weighted by atomic mass is 16.5. The lowest BCUT2D eigenvalue weighted by Crippen LogP contribution is -2.59. The minimum Gasteiger partial charge on any atom is -0.377 e. The van der Waals surface area contributed by atoms with Crippen molar-refractivity contribution in [3.8, 4) is 0 Å². The van der Waals surface area contributed by atoms with Gasteiger partial charge in [0.25, 0.3) is 0 Å². The molecule has 0 aromatic heterocycles. The zero-order chi connectivity index (χ0) is 15.3. The van der Waals surface area contributed by atoms with Crippen LogP contribution in [0.25, 0.3) is 0 Å². The first kappa shape index (κ1) is 16.9. The van der Waals surface area contributed by atoms with E-state index in [9.17, 15) is 9.59 Å². The summed E-state index contributed by atoms with van der Waals surface area (Å²) in [6.45, 7) is 8.92. The van der Waals surface area contributed by atoms with Gasteiger partial charge in [-0.3, -0.25) is 9.59 Å². The van der Waals surface area contributed by atoms with Crippen LogP contribution in [0.1, 0.15) is 34.1 Å². The molecule has 2 amide bonds. The minimum absolute atomic E-state index is 0.0331. The van der Waals surface area contributed by atoms with E-state index >= 15 is 0 Å². The lowest BCUT2D eigenvalue weighted by atomic mass is 10.0. The van der Waals surface area contributed by atoms with Crippen molar-refractivity contribution in [1.29, 1.82) is 0 Å². The molecule has 1 aliphatic rings. The molecule has 6 heteroatoms. The van der Waals surface area contributed by atoms with Gasteiger partial charge in [-0.25, -0.2) is 0 Å². The highest BCUT2D eigenvalue weighted by Gasteiger charge is 2.35. The number of hydrogen-bond donors (Lipinski definition) is 2. The Morgan fingerprint density at radius 2 is 2.00 bits per heavy atom. The van der Waals surface area contributed by atoms with Crippen LogP contribution < -0.4 is 11.1 Å². The summed E-state index contributed by atoms with van der Waals surface area (Å²) < 4.78 is 5.33. The molecule has 0 aliphatic carbocycles. The van der Waals surface area contributed by atoms with Crippen LogP contribution in [0.15, 0.2) is 0 Å². The van der Waals surface area contributed by atoms with Gasteiger partial charge in [-0.05, 0) is 26.2 Å². The monoisotopic (exact) mass is 285 g/mol. The van der Waals surface area contributed by atoms with Gasteiger partial charge in [0.2, 0.25) is 11.8 Å². The van der Waals surface area contributed by atoms with E-state index in [1.54, 1.807) is 4.90 Å². The molecule has 3 N–H and O–H groups in total. The molecule has 1 rings (SSSR count). The third-order valence-corrected chi connectivity index (χ3v) is 3.19. The van der Waals surface area contributed by atoms with Crippen molar-refractivity contribution < 1.29 is 14.3 Å². The molecule has 1 fully saturated rings. The number of nitrogens with zero attached hydrogens (tertiary/aromatic N) is 1. The number of amides is 2. The molecule has 1 aliphatic heterocycles. The molecule has 0 bridgehead atoms. The van der Waals surface area contributed by atoms with Crippen molar-refractivity contribution in [1.82, 2.24) is 10.2 Å². The number of rotatable bonds is 5. The largest absolute Gasteiger partial charge is 0.377 e. The molecule has 6 nitrogen and oxygen atoms in total. The molecule has 0 radical (unpaired) electrons. The van der Waals surface area contributed by atoms with Crippen LogP contribution in [0.2, 0.25) is 0 Å². The predicted molar refractivity (Wildman–Crippen MR) is 77.0 cm³/mol. The van der Waals surface area contributed by atoms with Crippen LogP contribution in [0.4, 0.5) is 0 Å². The van der Waals surface area contributed by atoms with E-state index in [2.05, 4.69) is 5.32 Å². The second-order valence-electron chi connectivity index (χ2n) is 6.02. The number of ether oxygens (including phenoxy) is 1. The Morgan fingerprint density at radius 1 is 1.35 bits per heavy atom. The van der Waals surface area contributed by atoms with Gasteiger partial charge in [0, 0.05) is 12.6 Å². The van der Waals surface area contributed by atoms with Crippen LogP contribution >= 0.6 is 0 Å². The summed E-state index contributed by atoms with van der Waals surface area (Å²) >= 11 is 0. The van der Waals surface area contributed by atoms with Crippen LogP contribution in [0.5, 0.6) is 0 Å². The first-order chi connectivity index (χ1) is 9.32. The average molecular weight is 285 g/mol. The van der Waals surface area contributed by atoms with Gasteiger partial charge in [0.1, 0.15) is 6.04 Å². The molecule has 0 aromatic rings. The topological polar surface area (TPSA) is 84.7 Å². The van der Waals surface area contributed by atoms with Crippen molar-refractivity contribution in [2.24, 2.45) is 11.7 Å². The van der Waals surface area contributed by atoms with Crippen molar-refractivity contribution in [2.75, 3.05) is 19.8 Å². The van der Waals surface area contributed by atoms with E-state index in [0.29, 0.717) is 25.5 Å². The zero-order valence-corrected chi connectivity index (χ0v) is 12.9. The van der Waals surface area contributed by atoms with Gasteiger partial charge < -0.3 is 20.7 Å². The molecule has 1 saturated heterocycles. The summed E-state index contributed by atoms with van der Waals surface area (Å²) in [5.74, 6) is 0.00799. The summed E-state index contributed by atoms with van der Waals surface area (Å²) in [4.78, 5) is 26.1. The van der Waals surface area contributed by atoms with E-state index in [4.69, 9.17) is 10.5 Å². The van der Waals surface area contributed by atoms with Crippen LogP contribution in [-0.4, -0.2) is 54.6 Å². The van der Waals surface area contributed by atoms with Gasteiger partial charge >= 0.3 is 0 Å². The molecule has 1 unspecified atom stereocenters. The summed E-state index contributed by atoms with van der Waals surface area (Å²) in [5, 5.41) is 2.82. The zero-order valence-electron chi connectivity index (χ0n) is 12.9. The third kappa shape index (κ3) is 4.76. The lowest BCUT2D eigenvalue weighted by Gasteiger charge is -2.36. The molecular formula is C14H27N3O3. The summed E-state index contributed by atoms with van der Waals surface area (Å²) in [6.07, 6.45) is 0.620. The Balaban J connectivity index is 2.72. The predicted octanol–water partition coefficient (Wildman–Crippen LogP) is 0.112. The average Bonchev–Trinajstić information content (AvgIpc) is 2.36. The number of nitrogens with two attached hydrogens (primary N) is 1. The van der Waals surface area contributed by atoms with Crippen molar-refractivity contribution in [3.63, 3.8) is 0 Å². The quantitative estimate of drug-likeness (QED) is 0.751. The van der Waals surface area contributed by atoms with Crippen LogP contribution in [0, 0.1) is 5.92 Å². The fourth-order valence-electron chi connectivity index (χ4n) is 2.29. The molecule has 0 spiro atoms. The van der Waals surface area contributed by atoms with Crippen molar-refractivity contribution >= 4 is 11.8 Å². The molecule has 2 atom stereocenters. The highest BCUT2D eigenvalue weighted by Crippen LogP contribution is 2.12. The summed E-state index contributed by atoms with van der Waals surface area (Å²) in [5.41, 5.74) is 5.95. The van der Waals surface area contributed by atoms with Gasteiger partial charge in [-0.1, -0.05) is 13.8 Å². The van der Waals surface area contributed by atoms with Crippen LogP contribution in [-0.2, 0) is 14.3 Å². The number of nitrogens with one attached hydrogen (secondary N) is 1. The Kier molecular flexibility index (Phi) is 6.42. The Bertz CT molecular complexity index is 345. The van der Waals surface area contributed by atoms with Gasteiger partial charge in [0.15, 0.2) is 0 Å². The van der Waals surface area contributed by atoms with Crippen molar-refractivity contribution in [3.05, 3.63) is 0 Å². The minimum atomic E-state index is -0.572.